The molecule has 0 unspecified atom stereocenters. The molecule has 0 atom stereocenters. The average molecular weight is 538 g/mol. The fourth-order valence-corrected chi connectivity index (χ4v) is 6.18. The van der Waals surface area contributed by atoms with Gasteiger partial charge in [-0.15, -0.1) is 11.3 Å². The Morgan fingerprint density at radius 2 is 1.67 bits per heavy atom. The molecule has 0 saturated carbocycles. The summed E-state index contributed by atoms with van der Waals surface area (Å²) in [7, 11) is 0. The predicted molar refractivity (Wildman–Crippen MR) is 153 cm³/mol. The van der Waals surface area contributed by atoms with Crippen molar-refractivity contribution < 1.29 is 19.4 Å². The van der Waals surface area contributed by atoms with E-state index in [1.165, 1.54) is 11.3 Å². The summed E-state index contributed by atoms with van der Waals surface area (Å²) in [5.41, 5.74) is 7.52. The summed E-state index contributed by atoms with van der Waals surface area (Å²) < 4.78 is 8.28. The molecule has 1 N–H and O–H groups in total. The molecule has 1 saturated heterocycles. The number of hydrogen-bond donors (Lipinski definition) is 1. The van der Waals surface area contributed by atoms with E-state index < -0.39 is 5.97 Å². The number of pyridine rings is 1. The minimum Gasteiger partial charge on any atom is -0.477 e. The van der Waals surface area contributed by atoms with Crippen molar-refractivity contribution >= 4 is 33.4 Å². The Kier molecular flexibility index (Phi) is 6.72. The molecule has 1 amide bonds. The summed E-state index contributed by atoms with van der Waals surface area (Å²) in [6, 6.07) is 23.9. The van der Waals surface area contributed by atoms with Crippen LogP contribution < -0.4 is 0 Å². The Labute approximate surface area is 229 Å². The lowest BCUT2D eigenvalue weighted by molar-refractivity contribution is -0.135. The van der Waals surface area contributed by atoms with Gasteiger partial charge in [-0.05, 0) is 41.8 Å². The van der Waals surface area contributed by atoms with Gasteiger partial charge in [0.2, 0.25) is 5.91 Å². The maximum atomic E-state index is 13.5. The Morgan fingerprint density at radius 1 is 0.949 bits per heavy atom. The van der Waals surface area contributed by atoms with E-state index in [0.29, 0.717) is 26.3 Å². The first-order chi connectivity index (χ1) is 19.0. The van der Waals surface area contributed by atoms with E-state index in [-0.39, 0.29) is 17.3 Å². The minimum atomic E-state index is -0.974. The lowest BCUT2D eigenvalue weighted by Crippen LogP contribution is -2.42. The van der Waals surface area contributed by atoms with Gasteiger partial charge in [0.05, 0.1) is 34.8 Å². The molecule has 1 aliphatic rings. The van der Waals surface area contributed by atoms with Gasteiger partial charge in [-0.3, -0.25) is 9.78 Å². The van der Waals surface area contributed by atoms with Gasteiger partial charge in [0, 0.05) is 30.4 Å². The second-order valence-electron chi connectivity index (χ2n) is 9.59. The Bertz CT molecular complexity index is 1670. The monoisotopic (exact) mass is 537 g/mol. The van der Waals surface area contributed by atoms with Crippen LogP contribution in [0.3, 0.4) is 0 Å². The summed E-state index contributed by atoms with van der Waals surface area (Å²) in [5.74, 6) is -0.988. The number of aromatic nitrogens is 2. The number of morpholine rings is 1. The van der Waals surface area contributed by atoms with Crippen LogP contribution in [0.4, 0.5) is 0 Å². The van der Waals surface area contributed by atoms with Crippen LogP contribution in [-0.2, 0) is 16.1 Å². The van der Waals surface area contributed by atoms with Crippen molar-refractivity contribution in [2.45, 2.75) is 13.5 Å². The fourth-order valence-electron chi connectivity index (χ4n) is 5.11. The number of carbonyl (C=O) groups excluding carboxylic acids is 1. The maximum absolute atomic E-state index is 13.5. The van der Waals surface area contributed by atoms with Gasteiger partial charge < -0.3 is 19.3 Å². The second-order valence-corrected chi connectivity index (χ2v) is 10.6. The van der Waals surface area contributed by atoms with Crippen molar-refractivity contribution in [1.29, 1.82) is 0 Å². The molecular weight excluding hydrogens is 510 g/mol. The predicted octanol–water partition coefficient (Wildman–Crippen LogP) is 5.96. The number of thiophene rings is 1. The van der Waals surface area contributed by atoms with E-state index in [1.54, 1.807) is 6.07 Å². The van der Waals surface area contributed by atoms with Gasteiger partial charge in [-0.2, -0.15) is 0 Å². The molecule has 6 rings (SSSR count). The third kappa shape index (κ3) is 4.84. The van der Waals surface area contributed by atoms with E-state index in [4.69, 9.17) is 4.74 Å². The third-order valence-electron chi connectivity index (χ3n) is 7.04. The topological polar surface area (TPSA) is 84.7 Å². The number of carboxylic acid groups (broad SMARTS) is 1. The molecule has 1 aliphatic heterocycles. The number of carboxylic acids is 1. The number of aromatic carboxylic acids is 1. The number of ether oxygens (including phenoxy) is 1. The van der Waals surface area contributed by atoms with Crippen LogP contribution >= 0.6 is 11.3 Å². The van der Waals surface area contributed by atoms with Crippen molar-refractivity contribution in [3.63, 3.8) is 0 Å². The first-order valence-corrected chi connectivity index (χ1v) is 13.6. The van der Waals surface area contributed by atoms with Gasteiger partial charge in [-0.25, -0.2) is 4.79 Å². The molecule has 0 bridgehead atoms. The van der Waals surface area contributed by atoms with Crippen molar-refractivity contribution in [3.05, 3.63) is 89.4 Å². The lowest BCUT2D eigenvalue weighted by atomic mass is 9.99. The van der Waals surface area contributed by atoms with Crippen molar-refractivity contribution in [3.8, 4) is 33.6 Å². The van der Waals surface area contributed by atoms with Gasteiger partial charge in [-0.1, -0.05) is 54.6 Å². The molecule has 5 aromatic rings. The van der Waals surface area contributed by atoms with Gasteiger partial charge >= 0.3 is 5.97 Å². The Hall–Kier alpha value is -4.27. The van der Waals surface area contributed by atoms with Crippen LogP contribution in [0.25, 0.3) is 43.9 Å². The summed E-state index contributed by atoms with van der Waals surface area (Å²) in [5, 5.41) is 9.79. The second kappa shape index (κ2) is 10.5. The van der Waals surface area contributed by atoms with E-state index in [0.717, 1.165) is 49.4 Å². The standard InChI is InChI=1S/C31H27N3O4S/c1-20-11-12-32-24(17-20)21-7-9-23(10-8-21)29-28(22-5-3-2-4-6-22)30-25(18-26(39-30)31(36)37)34(29)19-27(35)33-13-15-38-16-14-33/h2-12,17-18H,13-16,19H2,1H3,(H,36,37). The quantitative estimate of drug-likeness (QED) is 0.289. The summed E-state index contributed by atoms with van der Waals surface area (Å²) in [6.45, 7) is 4.28. The van der Waals surface area contributed by atoms with Crippen LogP contribution in [-0.4, -0.2) is 57.7 Å². The number of rotatable bonds is 6. The van der Waals surface area contributed by atoms with Crippen LogP contribution in [0.1, 0.15) is 15.2 Å². The van der Waals surface area contributed by atoms with Crippen LogP contribution in [0.2, 0.25) is 0 Å². The molecule has 7 nitrogen and oxygen atoms in total. The van der Waals surface area contributed by atoms with Crippen molar-refractivity contribution in [2.75, 3.05) is 26.3 Å². The lowest BCUT2D eigenvalue weighted by Gasteiger charge is -2.27. The normalized spacial score (nSPS) is 13.6. The van der Waals surface area contributed by atoms with E-state index >= 15 is 0 Å². The third-order valence-corrected chi connectivity index (χ3v) is 8.17. The van der Waals surface area contributed by atoms with Crippen molar-refractivity contribution in [2.24, 2.45) is 0 Å². The molecule has 2 aromatic carbocycles. The Balaban J connectivity index is 1.54. The number of fused-ring (bicyclic) bond motifs is 1. The number of aryl methyl sites for hydroxylation is 1. The SMILES string of the molecule is Cc1ccnc(-c2ccc(-c3c(-c4ccccc4)c4sc(C(=O)O)cc4n3CC(=O)N3CCOCC3)cc2)c1. The number of carbonyl (C=O) groups is 2. The van der Waals surface area contributed by atoms with E-state index in [9.17, 15) is 14.7 Å². The highest BCUT2D eigenvalue weighted by molar-refractivity contribution is 7.21. The minimum absolute atomic E-state index is 0.0142. The highest BCUT2D eigenvalue weighted by atomic mass is 32.1. The van der Waals surface area contributed by atoms with Gasteiger partial charge in [0.25, 0.3) is 0 Å². The molecule has 0 aliphatic carbocycles. The molecule has 8 heteroatoms. The smallest absolute Gasteiger partial charge is 0.345 e. The van der Waals surface area contributed by atoms with Crippen molar-refractivity contribution in [1.82, 2.24) is 14.5 Å². The molecule has 196 valence electrons. The summed E-state index contributed by atoms with van der Waals surface area (Å²) in [6.07, 6.45) is 1.81. The maximum Gasteiger partial charge on any atom is 0.345 e. The zero-order chi connectivity index (χ0) is 26.9. The average Bonchev–Trinajstić information content (AvgIpc) is 3.52. The molecule has 4 heterocycles. The van der Waals surface area contributed by atoms with Gasteiger partial charge in [0.1, 0.15) is 11.4 Å². The first-order valence-electron chi connectivity index (χ1n) is 12.8. The number of hydrogen-bond acceptors (Lipinski definition) is 5. The molecule has 39 heavy (non-hydrogen) atoms. The largest absolute Gasteiger partial charge is 0.477 e. The Morgan fingerprint density at radius 3 is 2.36 bits per heavy atom. The first kappa shape index (κ1) is 25.0. The highest BCUT2D eigenvalue weighted by Crippen LogP contribution is 2.45. The number of nitrogens with zero attached hydrogens (tertiary/aromatic N) is 3. The van der Waals surface area contributed by atoms with E-state index in [1.807, 2.05) is 71.1 Å². The van der Waals surface area contributed by atoms with Crippen LogP contribution in [0.15, 0.2) is 79.0 Å². The summed E-state index contributed by atoms with van der Waals surface area (Å²) >= 11 is 1.25. The van der Waals surface area contributed by atoms with E-state index in [2.05, 4.69) is 23.2 Å². The summed E-state index contributed by atoms with van der Waals surface area (Å²) in [4.78, 5) is 32.0. The zero-order valence-electron chi connectivity index (χ0n) is 21.5. The fraction of sp³-hybridized carbons (Fsp3) is 0.194. The zero-order valence-corrected chi connectivity index (χ0v) is 22.3. The highest BCUT2D eigenvalue weighted by Gasteiger charge is 2.27. The molecule has 0 radical (unpaired) electrons. The van der Waals surface area contributed by atoms with Gasteiger partial charge in [0.15, 0.2) is 0 Å². The molecule has 1 fully saturated rings. The molecule has 0 spiro atoms. The molecule has 3 aromatic heterocycles. The molecular formula is C31H27N3O4S. The van der Waals surface area contributed by atoms with Crippen LogP contribution in [0, 0.1) is 6.92 Å². The van der Waals surface area contributed by atoms with Crippen LogP contribution in [0.5, 0.6) is 0 Å². The number of benzene rings is 2. The number of amides is 1.